The molecule has 0 heterocycles. The number of hydrogen-bond donors (Lipinski definition) is 2. The Morgan fingerprint density at radius 1 is 1.30 bits per heavy atom. The molecule has 0 fully saturated rings. The molecule has 0 saturated carbocycles. The Bertz CT molecular complexity index is 645. The summed E-state index contributed by atoms with van der Waals surface area (Å²) in [6.45, 7) is 0.292. The Morgan fingerprint density at radius 2 is 2.05 bits per heavy atom. The van der Waals surface area contributed by atoms with Crippen LogP contribution < -0.4 is 10.1 Å². The quantitative estimate of drug-likeness (QED) is 0.903. The second-order valence-corrected chi connectivity index (χ2v) is 4.49. The standard InChI is InChI=1S/C15H13ClN2O2/c1-20-14-7-2-4-10(8-17)15(14)18-9-11-12(16)5-3-6-13(11)19/h2-7,18-19H,9H2,1H3. The molecule has 2 rings (SSSR count). The highest BCUT2D eigenvalue weighted by Gasteiger charge is 2.11. The van der Waals surface area contributed by atoms with Gasteiger partial charge < -0.3 is 15.2 Å². The SMILES string of the molecule is COc1cccc(C#N)c1NCc1c(O)cccc1Cl. The number of nitrogens with zero attached hydrogens (tertiary/aromatic N) is 1. The van der Waals surface area contributed by atoms with Gasteiger partial charge in [-0.1, -0.05) is 23.7 Å². The minimum Gasteiger partial charge on any atom is -0.508 e. The number of anilines is 1. The van der Waals surface area contributed by atoms with Gasteiger partial charge in [0.25, 0.3) is 0 Å². The first-order valence-electron chi connectivity index (χ1n) is 5.94. The van der Waals surface area contributed by atoms with Gasteiger partial charge >= 0.3 is 0 Å². The molecule has 0 aliphatic rings. The number of benzene rings is 2. The van der Waals surface area contributed by atoms with E-state index in [0.29, 0.717) is 34.1 Å². The van der Waals surface area contributed by atoms with Crippen LogP contribution in [0.5, 0.6) is 11.5 Å². The number of rotatable bonds is 4. The maximum absolute atomic E-state index is 9.80. The monoisotopic (exact) mass is 288 g/mol. The van der Waals surface area contributed by atoms with E-state index in [1.54, 1.807) is 36.4 Å². The molecular formula is C15H13ClN2O2. The zero-order chi connectivity index (χ0) is 14.5. The van der Waals surface area contributed by atoms with Crippen LogP contribution in [0.1, 0.15) is 11.1 Å². The summed E-state index contributed by atoms with van der Waals surface area (Å²) >= 11 is 6.05. The molecule has 0 radical (unpaired) electrons. The zero-order valence-electron chi connectivity index (χ0n) is 10.9. The van der Waals surface area contributed by atoms with Crippen LogP contribution in [-0.2, 0) is 6.54 Å². The molecule has 0 saturated heterocycles. The highest BCUT2D eigenvalue weighted by atomic mass is 35.5. The van der Waals surface area contributed by atoms with Gasteiger partial charge in [0.05, 0.1) is 18.4 Å². The van der Waals surface area contributed by atoms with Gasteiger partial charge in [0, 0.05) is 17.1 Å². The fraction of sp³-hybridized carbons (Fsp3) is 0.133. The normalized spacial score (nSPS) is 9.85. The third-order valence-electron chi connectivity index (χ3n) is 2.90. The molecule has 0 aliphatic heterocycles. The van der Waals surface area contributed by atoms with Crippen molar-refractivity contribution in [1.82, 2.24) is 0 Å². The molecule has 102 valence electrons. The second-order valence-electron chi connectivity index (χ2n) is 4.09. The summed E-state index contributed by atoms with van der Waals surface area (Å²) < 4.78 is 5.23. The summed E-state index contributed by atoms with van der Waals surface area (Å²) in [6.07, 6.45) is 0. The van der Waals surface area contributed by atoms with Crippen LogP contribution in [0.3, 0.4) is 0 Å². The second kappa shape index (κ2) is 6.18. The van der Waals surface area contributed by atoms with Crippen LogP contribution in [0.25, 0.3) is 0 Å². The molecule has 20 heavy (non-hydrogen) atoms. The lowest BCUT2D eigenvalue weighted by Gasteiger charge is -2.14. The van der Waals surface area contributed by atoms with Crippen LogP contribution in [-0.4, -0.2) is 12.2 Å². The lowest BCUT2D eigenvalue weighted by Crippen LogP contribution is -2.04. The van der Waals surface area contributed by atoms with Crippen molar-refractivity contribution in [2.45, 2.75) is 6.54 Å². The molecule has 0 aromatic heterocycles. The van der Waals surface area contributed by atoms with E-state index < -0.39 is 0 Å². The molecule has 2 aromatic rings. The van der Waals surface area contributed by atoms with Crippen molar-refractivity contribution in [1.29, 1.82) is 5.26 Å². The van der Waals surface area contributed by atoms with Crippen molar-refractivity contribution in [2.24, 2.45) is 0 Å². The number of nitriles is 1. The van der Waals surface area contributed by atoms with Gasteiger partial charge in [-0.2, -0.15) is 5.26 Å². The summed E-state index contributed by atoms with van der Waals surface area (Å²) in [5.74, 6) is 0.675. The van der Waals surface area contributed by atoms with Crippen molar-refractivity contribution in [2.75, 3.05) is 12.4 Å². The van der Waals surface area contributed by atoms with Gasteiger partial charge in [0.1, 0.15) is 17.6 Å². The number of aromatic hydroxyl groups is 1. The minimum atomic E-state index is 0.110. The lowest BCUT2D eigenvalue weighted by molar-refractivity contribution is 0.416. The molecule has 2 aromatic carbocycles. The van der Waals surface area contributed by atoms with E-state index in [1.807, 2.05) is 0 Å². The van der Waals surface area contributed by atoms with E-state index in [0.717, 1.165) is 0 Å². The number of phenolic OH excluding ortho intramolecular Hbond substituents is 1. The molecular weight excluding hydrogens is 276 g/mol. The van der Waals surface area contributed by atoms with Crippen molar-refractivity contribution in [3.8, 4) is 17.6 Å². The molecule has 0 bridgehead atoms. The van der Waals surface area contributed by atoms with Gasteiger partial charge in [0.2, 0.25) is 0 Å². The predicted molar refractivity (Wildman–Crippen MR) is 78.2 cm³/mol. The Hall–Kier alpha value is -2.38. The van der Waals surface area contributed by atoms with Crippen LogP contribution >= 0.6 is 11.6 Å². The fourth-order valence-corrected chi connectivity index (χ4v) is 2.11. The average molecular weight is 289 g/mol. The molecule has 0 amide bonds. The van der Waals surface area contributed by atoms with E-state index in [4.69, 9.17) is 21.6 Å². The first kappa shape index (κ1) is 14.0. The molecule has 4 nitrogen and oxygen atoms in total. The van der Waals surface area contributed by atoms with Crippen LogP contribution in [0.4, 0.5) is 5.69 Å². The third-order valence-corrected chi connectivity index (χ3v) is 3.26. The van der Waals surface area contributed by atoms with E-state index >= 15 is 0 Å². The highest BCUT2D eigenvalue weighted by molar-refractivity contribution is 6.31. The zero-order valence-corrected chi connectivity index (χ0v) is 11.6. The van der Waals surface area contributed by atoms with Gasteiger partial charge in [-0.15, -0.1) is 0 Å². The van der Waals surface area contributed by atoms with Crippen molar-refractivity contribution in [3.05, 3.63) is 52.5 Å². The number of halogens is 1. The first-order chi connectivity index (χ1) is 9.67. The molecule has 2 N–H and O–H groups in total. The van der Waals surface area contributed by atoms with E-state index in [1.165, 1.54) is 7.11 Å². The predicted octanol–water partition coefficient (Wildman–Crippen LogP) is 3.54. The number of para-hydroxylation sites is 1. The molecule has 0 aliphatic carbocycles. The lowest BCUT2D eigenvalue weighted by atomic mass is 10.1. The topological polar surface area (TPSA) is 65.3 Å². The van der Waals surface area contributed by atoms with Crippen LogP contribution in [0.2, 0.25) is 5.02 Å². The minimum absolute atomic E-state index is 0.110. The number of phenols is 1. The van der Waals surface area contributed by atoms with E-state index in [-0.39, 0.29) is 5.75 Å². The molecule has 0 spiro atoms. The largest absolute Gasteiger partial charge is 0.508 e. The Morgan fingerprint density at radius 3 is 2.70 bits per heavy atom. The highest BCUT2D eigenvalue weighted by Crippen LogP contribution is 2.31. The van der Waals surface area contributed by atoms with E-state index in [2.05, 4.69) is 11.4 Å². The Kier molecular flexibility index (Phi) is 4.34. The van der Waals surface area contributed by atoms with Crippen LogP contribution in [0, 0.1) is 11.3 Å². The number of nitrogens with one attached hydrogen (secondary N) is 1. The summed E-state index contributed by atoms with van der Waals surface area (Å²) in [5.41, 5.74) is 1.62. The van der Waals surface area contributed by atoms with Gasteiger partial charge in [-0.3, -0.25) is 0 Å². The van der Waals surface area contributed by atoms with Crippen LogP contribution in [0.15, 0.2) is 36.4 Å². The maximum Gasteiger partial charge on any atom is 0.143 e. The Labute approximate surface area is 122 Å². The molecule has 0 unspecified atom stereocenters. The van der Waals surface area contributed by atoms with Crippen molar-refractivity contribution in [3.63, 3.8) is 0 Å². The molecule has 5 heteroatoms. The summed E-state index contributed by atoms with van der Waals surface area (Å²) in [6, 6.07) is 12.2. The number of hydrogen-bond acceptors (Lipinski definition) is 4. The smallest absolute Gasteiger partial charge is 0.143 e. The summed E-state index contributed by atoms with van der Waals surface area (Å²) in [7, 11) is 1.54. The molecule has 0 atom stereocenters. The Balaban J connectivity index is 2.30. The van der Waals surface area contributed by atoms with Gasteiger partial charge in [-0.05, 0) is 24.3 Å². The number of ether oxygens (including phenoxy) is 1. The fourth-order valence-electron chi connectivity index (χ4n) is 1.88. The first-order valence-corrected chi connectivity index (χ1v) is 6.32. The summed E-state index contributed by atoms with van der Waals surface area (Å²) in [5, 5.41) is 22.5. The maximum atomic E-state index is 9.80. The third kappa shape index (κ3) is 2.79. The van der Waals surface area contributed by atoms with Gasteiger partial charge in [-0.25, -0.2) is 0 Å². The number of methoxy groups -OCH3 is 1. The van der Waals surface area contributed by atoms with E-state index in [9.17, 15) is 5.11 Å². The van der Waals surface area contributed by atoms with Crippen molar-refractivity contribution < 1.29 is 9.84 Å². The average Bonchev–Trinajstić information content (AvgIpc) is 2.46. The van der Waals surface area contributed by atoms with Crippen molar-refractivity contribution >= 4 is 17.3 Å². The summed E-state index contributed by atoms with van der Waals surface area (Å²) in [4.78, 5) is 0. The van der Waals surface area contributed by atoms with Gasteiger partial charge in [0.15, 0.2) is 0 Å².